The van der Waals surface area contributed by atoms with Gasteiger partial charge in [0.2, 0.25) is 5.75 Å². The Hall–Kier alpha value is -1.42. The van der Waals surface area contributed by atoms with Crippen LogP contribution in [0.15, 0.2) is 12.1 Å². The van der Waals surface area contributed by atoms with Crippen molar-refractivity contribution in [1.82, 2.24) is 0 Å². The average Bonchev–Trinajstić information content (AvgIpc) is 2.36. The standard InChI is InChI=1S/C13H21NO3/c1-5-6-10(14)9-7-8-11(15-2)13(17-4)12(9)16-3/h7-8,10H,5-6,14H2,1-4H3/t10-/m1/s1. The minimum Gasteiger partial charge on any atom is -0.493 e. The molecule has 0 saturated heterocycles. The highest BCUT2D eigenvalue weighted by Crippen LogP contribution is 2.42. The molecule has 0 bridgehead atoms. The molecule has 0 fully saturated rings. The second kappa shape index (κ2) is 6.35. The highest BCUT2D eigenvalue weighted by molar-refractivity contribution is 5.56. The van der Waals surface area contributed by atoms with Crippen molar-refractivity contribution < 1.29 is 14.2 Å². The highest BCUT2D eigenvalue weighted by Gasteiger charge is 2.19. The lowest BCUT2D eigenvalue weighted by Crippen LogP contribution is -2.12. The zero-order valence-corrected chi connectivity index (χ0v) is 10.9. The molecule has 0 unspecified atom stereocenters. The van der Waals surface area contributed by atoms with Crippen LogP contribution in [0.25, 0.3) is 0 Å². The van der Waals surface area contributed by atoms with Crippen molar-refractivity contribution in [2.24, 2.45) is 5.73 Å². The van der Waals surface area contributed by atoms with Gasteiger partial charge in [-0.05, 0) is 18.6 Å². The Labute approximate surface area is 103 Å². The molecule has 0 amide bonds. The molecule has 0 spiro atoms. The molecule has 1 rings (SSSR count). The number of methoxy groups -OCH3 is 3. The lowest BCUT2D eigenvalue weighted by molar-refractivity contribution is 0.320. The van der Waals surface area contributed by atoms with E-state index >= 15 is 0 Å². The summed E-state index contributed by atoms with van der Waals surface area (Å²) in [5, 5.41) is 0. The second-order valence-corrected chi connectivity index (χ2v) is 3.82. The van der Waals surface area contributed by atoms with Crippen molar-refractivity contribution in [2.75, 3.05) is 21.3 Å². The number of benzene rings is 1. The van der Waals surface area contributed by atoms with Crippen LogP contribution >= 0.6 is 0 Å². The summed E-state index contributed by atoms with van der Waals surface area (Å²) in [5.41, 5.74) is 7.07. The molecule has 96 valence electrons. The fourth-order valence-electron chi connectivity index (χ4n) is 1.88. The van der Waals surface area contributed by atoms with Crippen molar-refractivity contribution >= 4 is 0 Å². The van der Waals surface area contributed by atoms with Gasteiger partial charge in [-0.15, -0.1) is 0 Å². The van der Waals surface area contributed by atoms with E-state index in [2.05, 4.69) is 6.92 Å². The molecular formula is C13H21NO3. The van der Waals surface area contributed by atoms with E-state index in [1.165, 1.54) is 0 Å². The van der Waals surface area contributed by atoms with E-state index in [0.717, 1.165) is 18.4 Å². The van der Waals surface area contributed by atoms with Gasteiger partial charge in [-0.2, -0.15) is 0 Å². The van der Waals surface area contributed by atoms with Gasteiger partial charge < -0.3 is 19.9 Å². The van der Waals surface area contributed by atoms with E-state index in [4.69, 9.17) is 19.9 Å². The topological polar surface area (TPSA) is 53.7 Å². The number of nitrogens with two attached hydrogens (primary N) is 1. The minimum absolute atomic E-state index is 0.0465. The van der Waals surface area contributed by atoms with E-state index in [-0.39, 0.29) is 6.04 Å². The highest BCUT2D eigenvalue weighted by atomic mass is 16.5. The van der Waals surface area contributed by atoms with Crippen LogP contribution in [-0.2, 0) is 0 Å². The Morgan fingerprint density at radius 1 is 1.06 bits per heavy atom. The van der Waals surface area contributed by atoms with E-state index in [1.807, 2.05) is 12.1 Å². The summed E-state index contributed by atoms with van der Waals surface area (Å²) in [4.78, 5) is 0. The molecular weight excluding hydrogens is 218 g/mol. The average molecular weight is 239 g/mol. The monoisotopic (exact) mass is 239 g/mol. The molecule has 1 aromatic carbocycles. The van der Waals surface area contributed by atoms with Gasteiger partial charge in [0.25, 0.3) is 0 Å². The van der Waals surface area contributed by atoms with Crippen LogP contribution in [0.2, 0.25) is 0 Å². The van der Waals surface area contributed by atoms with Crippen LogP contribution in [0, 0.1) is 0 Å². The van der Waals surface area contributed by atoms with Crippen molar-refractivity contribution in [3.05, 3.63) is 17.7 Å². The van der Waals surface area contributed by atoms with E-state index in [9.17, 15) is 0 Å². The molecule has 0 saturated carbocycles. The van der Waals surface area contributed by atoms with Gasteiger partial charge in [0.15, 0.2) is 11.5 Å². The zero-order valence-electron chi connectivity index (χ0n) is 10.9. The molecule has 0 aliphatic rings. The van der Waals surface area contributed by atoms with Crippen LogP contribution in [-0.4, -0.2) is 21.3 Å². The zero-order chi connectivity index (χ0) is 12.8. The van der Waals surface area contributed by atoms with Crippen molar-refractivity contribution in [3.8, 4) is 17.2 Å². The van der Waals surface area contributed by atoms with Crippen LogP contribution in [0.5, 0.6) is 17.2 Å². The smallest absolute Gasteiger partial charge is 0.203 e. The summed E-state index contributed by atoms with van der Waals surface area (Å²) in [5.74, 6) is 1.91. The summed E-state index contributed by atoms with van der Waals surface area (Å²) in [6, 6.07) is 3.74. The number of hydrogen-bond donors (Lipinski definition) is 1. The molecule has 0 heterocycles. The molecule has 0 radical (unpaired) electrons. The molecule has 0 aromatic heterocycles. The van der Waals surface area contributed by atoms with Crippen LogP contribution in [0.1, 0.15) is 31.4 Å². The first-order valence-electron chi connectivity index (χ1n) is 5.74. The molecule has 2 N–H and O–H groups in total. The summed E-state index contributed by atoms with van der Waals surface area (Å²) in [6.45, 7) is 2.10. The Morgan fingerprint density at radius 2 is 1.71 bits per heavy atom. The SMILES string of the molecule is CCC[C@@H](N)c1ccc(OC)c(OC)c1OC. The van der Waals surface area contributed by atoms with Gasteiger partial charge >= 0.3 is 0 Å². The third kappa shape index (κ3) is 2.82. The Balaban J connectivity index is 3.22. The minimum atomic E-state index is -0.0465. The van der Waals surface area contributed by atoms with Crippen LogP contribution in [0.4, 0.5) is 0 Å². The van der Waals surface area contributed by atoms with Crippen molar-refractivity contribution in [2.45, 2.75) is 25.8 Å². The van der Waals surface area contributed by atoms with Gasteiger partial charge in [0.1, 0.15) is 0 Å². The molecule has 17 heavy (non-hydrogen) atoms. The number of hydrogen-bond acceptors (Lipinski definition) is 4. The van der Waals surface area contributed by atoms with Gasteiger partial charge in [-0.3, -0.25) is 0 Å². The third-order valence-corrected chi connectivity index (χ3v) is 2.73. The number of rotatable bonds is 6. The van der Waals surface area contributed by atoms with Gasteiger partial charge in [0, 0.05) is 11.6 Å². The maximum atomic E-state index is 6.12. The summed E-state index contributed by atoms with van der Waals surface area (Å²) in [7, 11) is 4.80. The molecule has 0 aliphatic carbocycles. The Kier molecular flexibility index (Phi) is 5.10. The van der Waals surface area contributed by atoms with Gasteiger partial charge in [0.05, 0.1) is 21.3 Å². The quantitative estimate of drug-likeness (QED) is 0.828. The van der Waals surface area contributed by atoms with Crippen molar-refractivity contribution in [3.63, 3.8) is 0 Å². The van der Waals surface area contributed by atoms with Crippen LogP contribution < -0.4 is 19.9 Å². The first-order valence-corrected chi connectivity index (χ1v) is 5.74. The molecule has 1 atom stereocenters. The largest absolute Gasteiger partial charge is 0.493 e. The maximum Gasteiger partial charge on any atom is 0.203 e. The fourth-order valence-corrected chi connectivity index (χ4v) is 1.88. The van der Waals surface area contributed by atoms with Gasteiger partial charge in [-0.25, -0.2) is 0 Å². The Morgan fingerprint density at radius 3 is 2.18 bits per heavy atom. The lowest BCUT2D eigenvalue weighted by atomic mass is 10.0. The van der Waals surface area contributed by atoms with Crippen molar-refractivity contribution in [1.29, 1.82) is 0 Å². The number of ether oxygens (including phenoxy) is 3. The van der Waals surface area contributed by atoms with E-state index < -0.39 is 0 Å². The van der Waals surface area contributed by atoms with Gasteiger partial charge in [-0.1, -0.05) is 13.3 Å². The normalized spacial score (nSPS) is 12.1. The first kappa shape index (κ1) is 13.6. The summed E-state index contributed by atoms with van der Waals surface area (Å²) >= 11 is 0. The Bertz CT molecular complexity index is 366. The predicted octanol–water partition coefficient (Wildman–Crippen LogP) is 2.51. The summed E-state index contributed by atoms with van der Waals surface area (Å²) < 4.78 is 15.9. The predicted molar refractivity (Wildman–Crippen MR) is 67.9 cm³/mol. The molecule has 1 aromatic rings. The second-order valence-electron chi connectivity index (χ2n) is 3.82. The molecule has 4 nitrogen and oxygen atoms in total. The van der Waals surface area contributed by atoms with Crippen LogP contribution in [0.3, 0.4) is 0 Å². The van der Waals surface area contributed by atoms with E-state index in [1.54, 1.807) is 21.3 Å². The van der Waals surface area contributed by atoms with E-state index in [0.29, 0.717) is 17.2 Å². The fraction of sp³-hybridized carbons (Fsp3) is 0.538. The third-order valence-electron chi connectivity index (χ3n) is 2.73. The summed E-state index contributed by atoms with van der Waals surface area (Å²) in [6.07, 6.45) is 1.94. The maximum absolute atomic E-state index is 6.12. The molecule has 0 aliphatic heterocycles. The first-order chi connectivity index (χ1) is 8.19. The lowest BCUT2D eigenvalue weighted by Gasteiger charge is -2.19. The molecule has 4 heteroatoms.